The van der Waals surface area contributed by atoms with E-state index in [1.165, 1.54) is 42.6 Å². The van der Waals surface area contributed by atoms with Gasteiger partial charge in [0.1, 0.15) is 0 Å². The smallest absolute Gasteiger partial charge is 0.0396 e. The molecule has 0 radical (unpaired) electrons. The van der Waals surface area contributed by atoms with Crippen LogP contribution in [0.5, 0.6) is 0 Å². The standard InChI is InChI=1S/C26H38N2/c1-25(2,3)24(28-16-9-10-17-28)22-15-11-12-20(18-22)19-26(4,5)23(27)21-13-7-6-8-14-21/h6-8,11-15,18,23-24H,9-10,16-17,19,27H2,1-5H3. The first-order valence-corrected chi connectivity index (χ1v) is 10.8. The molecule has 1 aliphatic heterocycles. The maximum Gasteiger partial charge on any atom is 0.0396 e. The van der Waals surface area contributed by atoms with Gasteiger partial charge in [0.05, 0.1) is 0 Å². The lowest BCUT2D eigenvalue weighted by atomic mass is 9.75. The fourth-order valence-electron chi connectivity index (χ4n) is 4.88. The van der Waals surface area contributed by atoms with E-state index in [0.29, 0.717) is 6.04 Å². The van der Waals surface area contributed by atoms with E-state index in [0.717, 1.165) is 6.42 Å². The van der Waals surface area contributed by atoms with Gasteiger partial charge in [-0.15, -0.1) is 0 Å². The molecule has 0 amide bonds. The predicted molar refractivity (Wildman–Crippen MR) is 120 cm³/mol. The van der Waals surface area contributed by atoms with Crippen LogP contribution in [0.2, 0.25) is 0 Å². The molecule has 0 bridgehead atoms. The molecule has 2 N–H and O–H groups in total. The van der Waals surface area contributed by atoms with Gasteiger partial charge in [-0.3, -0.25) is 4.90 Å². The van der Waals surface area contributed by atoms with Crippen LogP contribution in [0.3, 0.4) is 0 Å². The molecule has 2 heteroatoms. The molecule has 2 aromatic rings. The number of benzene rings is 2. The van der Waals surface area contributed by atoms with Gasteiger partial charge in [0.15, 0.2) is 0 Å². The van der Waals surface area contributed by atoms with Crippen LogP contribution in [0.1, 0.15) is 76.2 Å². The van der Waals surface area contributed by atoms with Gasteiger partial charge in [-0.2, -0.15) is 0 Å². The summed E-state index contributed by atoms with van der Waals surface area (Å²) < 4.78 is 0. The highest BCUT2D eigenvalue weighted by Crippen LogP contribution is 2.41. The van der Waals surface area contributed by atoms with E-state index in [-0.39, 0.29) is 16.9 Å². The molecule has 152 valence electrons. The molecule has 2 atom stereocenters. The van der Waals surface area contributed by atoms with Crippen LogP contribution in [0, 0.1) is 10.8 Å². The minimum absolute atomic E-state index is 0.00908. The van der Waals surface area contributed by atoms with Crippen LogP contribution in [-0.4, -0.2) is 18.0 Å². The summed E-state index contributed by atoms with van der Waals surface area (Å²) in [5.41, 5.74) is 11.0. The van der Waals surface area contributed by atoms with E-state index in [9.17, 15) is 0 Å². The molecule has 1 heterocycles. The molecule has 2 nitrogen and oxygen atoms in total. The van der Waals surface area contributed by atoms with E-state index < -0.39 is 0 Å². The fourth-order valence-corrected chi connectivity index (χ4v) is 4.88. The highest BCUT2D eigenvalue weighted by Gasteiger charge is 2.34. The Kier molecular flexibility index (Phi) is 6.31. The SMILES string of the molecule is CC(C)(C)C(c1cccc(CC(C)(C)C(N)c2ccccc2)c1)N1CCCC1. The lowest BCUT2D eigenvalue weighted by Crippen LogP contribution is -2.35. The molecule has 2 unspecified atom stereocenters. The molecule has 3 rings (SSSR count). The number of likely N-dealkylation sites (tertiary alicyclic amines) is 1. The molecule has 2 aromatic carbocycles. The van der Waals surface area contributed by atoms with Gasteiger partial charge in [0.2, 0.25) is 0 Å². The van der Waals surface area contributed by atoms with Crippen molar-refractivity contribution >= 4 is 0 Å². The van der Waals surface area contributed by atoms with Crippen LogP contribution in [0.25, 0.3) is 0 Å². The highest BCUT2D eigenvalue weighted by molar-refractivity contribution is 5.29. The summed E-state index contributed by atoms with van der Waals surface area (Å²) >= 11 is 0. The van der Waals surface area contributed by atoms with E-state index in [1.54, 1.807) is 0 Å². The van der Waals surface area contributed by atoms with Crippen LogP contribution < -0.4 is 5.73 Å². The molecule has 1 aliphatic rings. The molecule has 0 saturated carbocycles. The van der Waals surface area contributed by atoms with Crippen molar-refractivity contribution in [2.24, 2.45) is 16.6 Å². The highest BCUT2D eigenvalue weighted by atomic mass is 15.2. The molecular weight excluding hydrogens is 340 g/mol. The molecule has 0 aliphatic carbocycles. The summed E-state index contributed by atoms with van der Waals surface area (Å²) in [4.78, 5) is 2.68. The van der Waals surface area contributed by atoms with Crippen molar-refractivity contribution in [1.29, 1.82) is 0 Å². The number of hydrogen-bond donors (Lipinski definition) is 1. The summed E-state index contributed by atoms with van der Waals surface area (Å²) in [5, 5.41) is 0. The Morgan fingerprint density at radius 1 is 0.857 bits per heavy atom. The van der Waals surface area contributed by atoms with Crippen molar-refractivity contribution in [3.63, 3.8) is 0 Å². The quantitative estimate of drug-likeness (QED) is 0.654. The zero-order valence-corrected chi connectivity index (χ0v) is 18.4. The summed E-state index contributed by atoms with van der Waals surface area (Å²) in [5.74, 6) is 0. The molecule has 0 aromatic heterocycles. The van der Waals surface area contributed by atoms with Gasteiger partial charge in [-0.05, 0) is 59.9 Å². The van der Waals surface area contributed by atoms with Crippen molar-refractivity contribution in [3.8, 4) is 0 Å². The summed E-state index contributed by atoms with van der Waals surface area (Å²) in [6.45, 7) is 14.1. The second-order valence-corrected chi connectivity index (χ2v) is 10.3. The lowest BCUT2D eigenvalue weighted by molar-refractivity contribution is 0.125. The second kappa shape index (κ2) is 8.39. The third-order valence-electron chi connectivity index (χ3n) is 6.25. The Hall–Kier alpha value is -1.64. The zero-order chi connectivity index (χ0) is 20.4. The molecule has 0 spiro atoms. The maximum absolute atomic E-state index is 6.68. The molecule has 1 fully saturated rings. The van der Waals surface area contributed by atoms with Crippen molar-refractivity contribution in [2.75, 3.05) is 13.1 Å². The summed E-state index contributed by atoms with van der Waals surface area (Å²) in [6.07, 6.45) is 3.63. The Bertz CT molecular complexity index is 752. The van der Waals surface area contributed by atoms with Crippen LogP contribution in [-0.2, 0) is 6.42 Å². The van der Waals surface area contributed by atoms with Gasteiger partial charge in [0.25, 0.3) is 0 Å². The number of nitrogens with zero attached hydrogens (tertiary/aromatic N) is 1. The van der Waals surface area contributed by atoms with E-state index in [4.69, 9.17) is 5.73 Å². The second-order valence-electron chi connectivity index (χ2n) is 10.3. The monoisotopic (exact) mass is 378 g/mol. The fraction of sp³-hybridized carbons (Fsp3) is 0.538. The first-order valence-electron chi connectivity index (χ1n) is 10.8. The van der Waals surface area contributed by atoms with Gasteiger partial charge < -0.3 is 5.73 Å². The van der Waals surface area contributed by atoms with Crippen molar-refractivity contribution in [3.05, 3.63) is 71.3 Å². The first-order chi connectivity index (χ1) is 13.2. The third kappa shape index (κ3) is 4.85. The number of rotatable bonds is 6. The van der Waals surface area contributed by atoms with Crippen molar-refractivity contribution in [1.82, 2.24) is 4.90 Å². The minimum atomic E-state index is -0.00908. The van der Waals surface area contributed by atoms with Crippen LogP contribution >= 0.6 is 0 Å². The normalized spacial score (nSPS) is 18.2. The molecular formula is C26H38N2. The van der Waals surface area contributed by atoms with Crippen LogP contribution in [0.15, 0.2) is 54.6 Å². The van der Waals surface area contributed by atoms with E-state index in [2.05, 4.69) is 94.1 Å². The first kappa shape index (κ1) is 21.1. The Morgan fingerprint density at radius 3 is 2.07 bits per heavy atom. The van der Waals surface area contributed by atoms with Crippen molar-refractivity contribution in [2.45, 2.75) is 66.0 Å². The van der Waals surface area contributed by atoms with E-state index >= 15 is 0 Å². The largest absolute Gasteiger partial charge is 0.323 e. The Balaban J connectivity index is 1.84. The number of hydrogen-bond acceptors (Lipinski definition) is 2. The van der Waals surface area contributed by atoms with E-state index in [1.807, 2.05) is 0 Å². The summed E-state index contributed by atoms with van der Waals surface area (Å²) in [6, 6.07) is 20.3. The minimum Gasteiger partial charge on any atom is -0.323 e. The maximum atomic E-state index is 6.68. The third-order valence-corrected chi connectivity index (χ3v) is 6.25. The zero-order valence-electron chi connectivity index (χ0n) is 18.4. The van der Waals surface area contributed by atoms with Gasteiger partial charge >= 0.3 is 0 Å². The van der Waals surface area contributed by atoms with Crippen LogP contribution in [0.4, 0.5) is 0 Å². The van der Waals surface area contributed by atoms with Crippen molar-refractivity contribution < 1.29 is 0 Å². The molecule has 28 heavy (non-hydrogen) atoms. The lowest BCUT2D eigenvalue weighted by Gasteiger charge is -2.39. The summed E-state index contributed by atoms with van der Waals surface area (Å²) in [7, 11) is 0. The Labute approximate surface area is 172 Å². The Morgan fingerprint density at radius 2 is 1.46 bits per heavy atom. The average molecular weight is 379 g/mol. The van der Waals surface area contributed by atoms with Gasteiger partial charge in [-0.25, -0.2) is 0 Å². The van der Waals surface area contributed by atoms with Gasteiger partial charge in [-0.1, -0.05) is 89.2 Å². The average Bonchev–Trinajstić information content (AvgIpc) is 3.14. The number of nitrogens with two attached hydrogens (primary N) is 1. The predicted octanol–water partition coefficient (Wildman–Crippen LogP) is 6.14. The molecule has 1 saturated heterocycles. The topological polar surface area (TPSA) is 29.3 Å². The van der Waals surface area contributed by atoms with Gasteiger partial charge in [0, 0.05) is 12.1 Å².